The molecule has 0 unspecified atom stereocenters. The summed E-state index contributed by atoms with van der Waals surface area (Å²) in [5.41, 5.74) is 1.60. The summed E-state index contributed by atoms with van der Waals surface area (Å²) in [7, 11) is 0. The highest BCUT2D eigenvalue weighted by Gasteiger charge is 2.25. The van der Waals surface area contributed by atoms with Crippen molar-refractivity contribution in [3.63, 3.8) is 0 Å². The topological polar surface area (TPSA) is 0 Å². The average molecular weight is 366 g/mol. The Kier molecular flexibility index (Phi) is 6.60. The fraction of sp³-hybridized carbons (Fsp3) is 0.360. The van der Waals surface area contributed by atoms with Gasteiger partial charge in [0.1, 0.15) is 5.83 Å². The first-order valence-electron chi connectivity index (χ1n) is 9.94. The smallest absolute Gasteiger partial charge is 0.162 e. The highest BCUT2D eigenvalue weighted by Crippen LogP contribution is 2.38. The highest BCUT2D eigenvalue weighted by molar-refractivity contribution is 5.86. The van der Waals surface area contributed by atoms with Gasteiger partial charge in [0.2, 0.25) is 0 Å². The van der Waals surface area contributed by atoms with E-state index < -0.39 is 11.7 Å². The minimum absolute atomic E-state index is 0.300. The number of benzene rings is 2. The Labute approximate surface area is 161 Å². The molecule has 2 aromatic rings. The molecule has 0 aliphatic heterocycles. The second-order valence-corrected chi connectivity index (χ2v) is 7.51. The fourth-order valence-corrected chi connectivity index (χ4v) is 3.93. The summed E-state index contributed by atoms with van der Waals surface area (Å²) >= 11 is 0. The average Bonchev–Trinajstić information content (AvgIpc) is 2.72. The number of fused-ring (bicyclic) bond motifs is 1. The van der Waals surface area contributed by atoms with Crippen molar-refractivity contribution in [1.29, 1.82) is 0 Å². The van der Waals surface area contributed by atoms with Crippen LogP contribution in [0.5, 0.6) is 0 Å². The maximum atomic E-state index is 14.8. The van der Waals surface area contributed by atoms with Crippen LogP contribution >= 0.6 is 0 Å². The Hall–Kier alpha value is -2.22. The van der Waals surface area contributed by atoms with Crippen LogP contribution in [0.3, 0.4) is 0 Å². The molecule has 1 aliphatic rings. The van der Waals surface area contributed by atoms with Gasteiger partial charge in [-0.25, -0.2) is 8.78 Å². The Morgan fingerprint density at radius 1 is 1.04 bits per heavy atom. The molecule has 27 heavy (non-hydrogen) atoms. The molecule has 1 fully saturated rings. The summed E-state index contributed by atoms with van der Waals surface area (Å²) in [4.78, 5) is 0. The molecule has 1 aliphatic carbocycles. The van der Waals surface area contributed by atoms with Gasteiger partial charge in [-0.05, 0) is 73.8 Å². The summed E-state index contributed by atoms with van der Waals surface area (Å²) < 4.78 is 29.5. The van der Waals surface area contributed by atoms with Crippen molar-refractivity contribution in [3.05, 3.63) is 78.2 Å². The van der Waals surface area contributed by atoms with E-state index in [0.717, 1.165) is 36.5 Å². The van der Waals surface area contributed by atoms with Crippen molar-refractivity contribution in [2.45, 2.75) is 45.4 Å². The molecule has 0 saturated heterocycles. The molecule has 0 nitrogen and oxygen atoms in total. The van der Waals surface area contributed by atoms with Crippen LogP contribution in [0.2, 0.25) is 0 Å². The number of aryl methyl sites for hydroxylation is 1. The lowest BCUT2D eigenvalue weighted by molar-refractivity contribution is 0.305. The summed E-state index contributed by atoms with van der Waals surface area (Å²) in [6.45, 7) is 5.83. The highest BCUT2D eigenvalue weighted by atomic mass is 19.2. The molecule has 0 amide bonds. The molecule has 0 N–H and O–H groups in total. The Morgan fingerprint density at radius 2 is 1.74 bits per heavy atom. The summed E-state index contributed by atoms with van der Waals surface area (Å²) in [6, 6.07) is 11.6. The van der Waals surface area contributed by atoms with Gasteiger partial charge in [0.05, 0.1) is 0 Å². The Bertz CT molecular complexity index is 852. The number of hydrogen-bond donors (Lipinski definition) is 0. The first kappa shape index (κ1) is 19.5. The van der Waals surface area contributed by atoms with Crippen LogP contribution in [0.15, 0.2) is 67.0 Å². The van der Waals surface area contributed by atoms with Crippen molar-refractivity contribution in [3.8, 4) is 0 Å². The van der Waals surface area contributed by atoms with Gasteiger partial charge in [-0.1, -0.05) is 48.6 Å². The standard InChI is InChI=1S/C25H28F2/c1-3-5-6-7-19-10-13-22-17-23(15-14-21(22)16-19)25(27)24(26)20-11-8-18(4-2)9-12-20/h3-5,10,13-18,20H,2,6-9,11-12H2,1H3/b5-3+,25-24?. The zero-order chi connectivity index (χ0) is 19.2. The summed E-state index contributed by atoms with van der Waals surface area (Å²) in [5.74, 6) is -1.14. The van der Waals surface area contributed by atoms with Gasteiger partial charge in [0, 0.05) is 11.5 Å². The molecule has 2 aromatic carbocycles. The largest absolute Gasteiger partial charge is 0.208 e. The maximum absolute atomic E-state index is 14.8. The van der Waals surface area contributed by atoms with Gasteiger partial charge in [-0.2, -0.15) is 0 Å². The van der Waals surface area contributed by atoms with Crippen molar-refractivity contribution in [1.82, 2.24) is 0 Å². The molecule has 0 heterocycles. The monoisotopic (exact) mass is 366 g/mol. The van der Waals surface area contributed by atoms with Gasteiger partial charge < -0.3 is 0 Å². The molecule has 0 atom stereocenters. The maximum Gasteiger partial charge on any atom is 0.162 e. The van der Waals surface area contributed by atoms with Crippen LogP contribution in [0, 0.1) is 11.8 Å². The minimum atomic E-state index is -0.698. The predicted molar refractivity (Wildman–Crippen MR) is 112 cm³/mol. The third-order valence-electron chi connectivity index (χ3n) is 5.67. The van der Waals surface area contributed by atoms with Crippen LogP contribution in [-0.2, 0) is 6.42 Å². The molecule has 1 saturated carbocycles. The molecular formula is C25H28F2. The molecule has 0 spiro atoms. The van der Waals surface area contributed by atoms with E-state index >= 15 is 0 Å². The van der Waals surface area contributed by atoms with Crippen LogP contribution < -0.4 is 0 Å². The van der Waals surface area contributed by atoms with Crippen molar-refractivity contribution < 1.29 is 8.78 Å². The third kappa shape index (κ3) is 4.74. The van der Waals surface area contributed by atoms with Crippen molar-refractivity contribution in [2.75, 3.05) is 0 Å². The second kappa shape index (κ2) is 9.12. The van der Waals surface area contributed by atoms with Crippen LogP contribution in [0.1, 0.15) is 50.2 Å². The first-order valence-corrected chi connectivity index (χ1v) is 9.94. The van der Waals surface area contributed by atoms with Crippen LogP contribution in [0.25, 0.3) is 16.6 Å². The zero-order valence-corrected chi connectivity index (χ0v) is 16.1. The molecule has 142 valence electrons. The number of allylic oxidation sites excluding steroid dienone is 4. The van der Waals surface area contributed by atoms with E-state index in [1.165, 1.54) is 5.56 Å². The molecule has 2 heteroatoms. The van der Waals surface area contributed by atoms with E-state index in [4.69, 9.17) is 0 Å². The van der Waals surface area contributed by atoms with E-state index in [-0.39, 0.29) is 5.92 Å². The molecule has 0 radical (unpaired) electrons. The zero-order valence-electron chi connectivity index (χ0n) is 16.1. The van der Waals surface area contributed by atoms with Crippen LogP contribution in [-0.4, -0.2) is 0 Å². The normalized spacial score (nSPS) is 21.4. The van der Waals surface area contributed by atoms with Gasteiger partial charge in [0.15, 0.2) is 5.83 Å². The number of halogens is 2. The van der Waals surface area contributed by atoms with Crippen LogP contribution in [0.4, 0.5) is 8.78 Å². The molecule has 0 bridgehead atoms. The third-order valence-corrected chi connectivity index (χ3v) is 5.67. The Balaban J connectivity index is 1.79. The number of hydrogen-bond acceptors (Lipinski definition) is 0. The van der Waals surface area contributed by atoms with Gasteiger partial charge in [0.25, 0.3) is 0 Å². The Morgan fingerprint density at radius 3 is 2.44 bits per heavy atom. The molecule has 3 rings (SSSR count). The van der Waals surface area contributed by atoms with Crippen molar-refractivity contribution in [2.24, 2.45) is 11.8 Å². The second-order valence-electron chi connectivity index (χ2n) is 7.51. The number of rotatable bonds is 6. The van der Waals surface area contributed by atoms with Gasteiger partial charge >= 0.3 is 0 Å². The molecule has 0 aromatic heterocycles. The lowest BCUT2D eigenvalue weighted by atomic mass is 9.81. The SMILES string of the molecule is C=CC1CCC(C(F)=C(F)c2ccc3cc(CC/C=C/C)ccc3c2)CC1. The fourth-order valence-electron chi connectivity index (χ4n) is 3.93. The quantitative estimate of drug-likeness (QED) is 0.455. The minimum Gasteiger partial charge on any atom is -0.208 e. The molecular weight excluding hydrogens is 338 g/mol. The van der Waals surface area contributed by atoms with E-state index in [0.29, 0.717) is 24.3 Å². The first-order chi connectivity index (χ1) is 13.1. The lowest BCUT2D eigenvalue weighted by Gasteiger charge is -2.25. The van der Waals surface area contributed by atoms with E-state index in [1.807, 2.05) is 25.1 Å². The lowest BCUT2D eigenvalue weighted by Crippen LogP contribution is -2.14. The summed E-state index contributed by atoms with van der Waals surface area (Å²) in [5, 5.41) is 2.01. The summed E-state index contributed by atoms with van der Waals surface area (Å²) in [6.07, 6.45) is 11.3. The van der Waals surface area contributed by atoms with E-state index in [1.54, 1.807) is 12.1 Å². The van der Waals surface area contributed by atoms with E-state index in [2.05, 4.69) is 30.9 Å². The van der Waals surface area contributed by atoms with Crippen molar-refractivity contribution >= 4 is 16.6 Å². The van der Waals surface area contributed by atoms with Gasteiger partial charge in [-0.15, -0.1) is 6.58 Å². The predicted octanol–water partition coefficient (Wildman–Crippen LogP) is 7.95. The van der Waals surface area contributed by atoms with E-state index in [9.17, 15) is 8.78 Å². The van der Waals surface area contributed by atoms with Gasteiger partial charge in [-0.3, -0.25) is 0 Å².